The highest BCUT2D eigenvalue weighted by atomic mass is 31.2. The van der Waals surface area contributed by atoms with Crippen molar-refractivity contribution in [3.05, 3.63) is 0 Å². The van der Waals surface area contributed by atoms with Crippen molar-refractivity contribution in [3.8, 4) is 0 Å². The average Bonchev–Trinajstić information content (AvgIpc) is 1.96. The van der Waals surface area contributed by atoms with Gasteiger partial charge in [-0.25, -0.2) is 0 Å². The highest BCUT2D eigenvalue weighted by Gasteiger charge is 2.11. The molecule has 0 aromatic rings. The van der Waals surface area contributed by atoms with E-state index in [0.29, 0.717) is 13.0 Å². The average molecular weight is 196 g/mol. The first-order valence-electron chi connectivity index (χ1n) is 3.96. The van der Waals surface area contributed by atoms with Crippen molar-refractivity contribution in [1.29, 1.82) is 0 Å². The first kappa shape index (κ1) is 12.1. The van der Waals surface area contributed by atoms with Crippen molar-refractivity contribution >= 4 is 7.60 Å². The molecular weight excluding hydrogens is 179 g/mol. The number of nitrogens with two attached hydrogens (primary N) is 2. The molecule has 0 fully saturated rings. The summed E-state index contributed by atoms with van der Waals surface area (Å²) in [6, 6.07) is -0.0400. The first-order valence-corrected chi connectivity index (χ1v) is 5.75. The van der Waals surface area contributed by atoms with Crippen LogP contribution in [0, 0.1) is 0 Å². The van der Waals surface area contributed by atoms with E-state index < -0.39 is 7.60 Å². The van der Waals surface area contributed by atoms with Gasteiger partial charge in [0, 0.05) is 18.7 Å². The predicted molar refractivity (Wildman–Crippen MR) is 47.8 cm³/mol. The maximum absolute atomic E-state index is 10.4. The summed E-state index contributed by atoms with van der Waals surface area (Å²) < 4.78 is 10.4. The number of hydrogen-bond donors (Lipinski definition) is 4. The third-order valence-electron chi connectivity index (χ3n) is 1.58. The van der Waals surface area contributed by atoms with E-state index in [1.54, 1.807) is 0 Å². The van der Waals surface area contributed by atoms with Crippen molar-refractivity contribution < 1.29 is 14.4 Å². The van der Waals surface area contributed by atoms with Crippen molar-refractivity contribution in [2.45, 2.75) is 25.3 Å². The number of rotatable bonds is 6. The lowest BCUT2D eigenvalue weighted by Gasteiger charge is -2.08. The van der Waals surface area contributed by atoms with E-state index in [1.807, 2.05) is 0 Å². The smallest absolute Gasteiger partial charge is 0.325 e. The molecule has 6 heteroatoms. The highest BCUT2D eigenvalue weighted by molar-refractivity contribution is 7.51. The van der Waals surface area contributed by atoms with Gasteiger partial charge in [-0.1, -0.05) is 6.42 Å². The Hall–Kier alpha value is 0.0700. The van der Waals surface area contributed by atoms with Gasteiger partial charge >= 0.3 is 7.60 Å². The van der Waals surface area contributed by atoms with Crippen molar-refractivity contribution in [3.63, 3.8) is 0 Å². The second-order valence-corrected chi connectivity index (χ2v) is 4.66. The summed E-state index contributed by atoms with van der Waals surface area (Å²) in [5.41, 5.74) is 10.8. The van der Waals surface area contributed by atoms with E-state index in [1.165, 1.54) is 0 Å². The van der Waals surface area contributed by atoms with Crippen molar-refractivity contribution in [2.24, 2.45) is 11.5 Å². The summed E-state index contributed by atoms with van der Waals surface area (Å²) in [5, 5.41) is 0. The Balaban J connectivity index is 3.28. The lowest BCUT2D eigenvalue weighted by Crippen LogP contribution is -2.29. The van der Waals surface area contributed by atoms with Crippen LogP contribution in [0.15, 0.2) is 0 Å². The summed E-state index contributed by atoms with van der Waals surface area (Å²) in [6.07, 6.45) is 1.92. The van der Waals surface area contributed by atoms with Crippen LogP contribution in [0.5, 0.6) is 0 Å². The molecule has 0 aliphatic carbocycles. The van der Waals surface area contributed by atoms with Gasteiger partial charge in [0.1, 0.15) is 0 Å². The largest absolute Gasteiger partial charge is 0.329 e. The Morgan fingerprint density at radius 3 is 2.33 bits per heavy atom. The maximum atomic E-state index is 10.4. The molecular formula is C6H17N2O3P. The fraction of sp³-hybridized carbons (Fsp3) is 1.00. The van der Waals surface area contributed by atoms with Gasteiger partial charge in [-0.05, 0) is 12.8 Å². The van der Waals surface area contributed by atoms with E-state index >= 15 is 0 Å². The Morgan fingerprint density at radius 2 is 1.92 bits per heavy atom. The van der Waals surface area contributed by atoms with Crippen LogP contribution in [0.25, 0.3) is 0 Å². The fourth-order valence-electron chi connectivity index (χ4n) is 0.842. The number of unbranched alkanes of at least 4 members (excludes halogenated alkanes) is 1. The zero-order chi connectivity index (χ0) is 9.61. The minimum atomic E-state index is -3.81. The van der Waals surface area contributed by atoms with Crippen LogP contribution in [0.1, 0.15) is 19.3 Å². The van der Waals surface area contributed by atoms with Gasteiger partial charge < -0.3 is 21.3 Å². The molecule has 12 heavy (non-hydrogen) atoms. The summed E-state index contributed by atoms with van der Waals surface area (Å²) in [5.74, 6) is 0. The quantitative estimate of drug-likeness (QED) is 0.342. The van der Waals surface area contributed by atoms with Crippen LogP contribution >= 0.6 is 7.60 Å². The van der Waals surface area contributed by atoms with E-state index in [-0.39, 0.29) is 12.2 Å². The van der Waals surface area contributed by atoms with E-state index in [9.17, 15) is 4.57 Å². The van der Waals surface area contributed by atoms with Gasteiger partial charge in [0.15, 0.2) is 0 Å². The molecule has 0 rings (SSSR count). The molecule has 0 amide bonds. The Labute approximate surface area is 72.3 Å². The SMILES string of the molecule is NCC(N)CCCCP(=O)(O)O. The summed E-state index contributed by atoms with van der Waals surface area (Å²) >= 11 is 0. The second kappa shape index (κ2) is 5.67. The van der Waals surface area contributed by atoms with Gasteiger partial charge in [-0.2, -0.15) is 0 Å². The molecule has 0 bridgehead atoms. The number of hydrogen-bond acceptors (Lipinski definition) is 3. The van der Waals surface area contributed by atoms with Gasteiger partial charge in [0.05, 0.1) is 0 Å². The van der Waals surface area contributed by atoms with E-state index in [4.69, 9.17) is 21.3 Å². The molecule has 0 spiro atoms. The van der Waals surface area contributed by atoms with Gasteiger partial charge in [-0.3, -0.25) is 4.57 Å². The second-order valence-electron chi connectivity index (χ2n) is 2.88. The molecule has 5 nitrogen and oxygen atoms in total. The molecule has 0 saturated carbocycles. The molecule has 0 radical (unpaired) electrons. The minimum absolute atomic E-state index is 0.0400. The van der Waals surface area contributed by atoms with Crippen LogP contribution in [-0.4, -0.2) is 28.5 Å². The normalized spacial score (nSPS) is 14.7. The molecule has 0 heterocycles. The zero-order valence-corrected chi connectivity index (χ0v) is 7.91. The molecule has 1 unspecified atom stereocenters. The first-order chi connectivity index (χ1) is 5.45. The van der Waals surface area contributed by atoms with Crippen molar-refractivity contribution in [1.82, 2.24) is 0 Å². The van der Waals surface area contributed by atoms with Gasteiger partial charge in [0.2, 0.25) is 0 Å². The Morgan fingerprint density at radius 1 is 1.33 bits per heavy atom. The third-order valence-corrected chi connectivity index (χ3v) is 2.48. The molecule has 0 aromatic heterocycles. The standard InChI is InChI=1S/C6H17N2O3P/c7-5-6(8)3-1-2-4-12(9,10)11/h6H,1-5,7-8H2,(H2,9,10,11). The van der Waals surface area contributed by atoms with Gasteiger partial charge in [0.25, 0.3) is 0 Å². The summed E-state index contributed by atoms with van der Waals surface area (Å²) in [7, 11) is -3.81. The maximum Gasteiger partial charge on any atom is 0.325 e. The summed E-state index contributed by atoms with van der Waals surface area (Å²) in [4.78, 5) is 17.0. The molecule has 6 N–H and O–H groups in total. The lowest BCUT2D eigenvalue weighted by atomic mass is 10.1. The predicted octanol–water partition coefficient (Wildman–Crippen LogP) is -0.380. The zero-order valence-electron chi connectivity index (χ0n) is 7.02. The van der Waals surface area contributed by atoms with Crippen molar-refractivity contribution in [2.75, 3.05) is 12.7 Å². The van der Waals surface area contributed by atoms with Gasteiger partial charge in [-0.15, -0.1) is 0 Å². The van der Waals surface area contributed by atoms with E-state index in [0.717, 1.165) is 12.8 Å². The van der Waals surface area contributed by atoms with Crippen LogP contribution in [0.2, 0.25) is 0 Å². The lowest BCUT2D eigenvalue weighted by molar-refractivity contribution is 0.370. The van der Waals surface area contributed by atoms with E-state index in [2.05, 4.69) is 0 Å². The Kier molecular flexibility index (Phi) is 5.70. The Bertz CT molecular complexity index is 159. The monoisotopic (exact) mass is 196 g/mol. The third kappa shape index (κ3) is 8.17. The van der Waals surface area contributed by atoms with Crippen LogP contribution in [0.3, 0.4) is 0 Å². The molecule has 0 aliphatic rings. The molecule has 1 atom stereocenters. The van der Waals surface area contributed by atoms with Crippen LogP contribution in [0.4, 0.5) is 0 Å². The molecule has 0 aromatic carbocycles. The topological polar surface area (TPSA) is 110 Å². The molecule has 0 aliphatic heterocycles. The van der Waals surface area contributed by atoms with Crippen LogP contribution < -0.4 is 11.5 Å². The highest BCUT2D eigenvalue weighted by Crippen LogP contribution is 2.35. The molecule has 74 valence electrons. The van der Waals surface area contributed by atoms with Crippen LogP contribution in [-0.2, 0) is 4.57 Å². The summed E-state index contributed by atoms with van der Waals surface area (Å²) in [6.45, 7) is 0.426. The molecule has 0 saturated heterocycles. The minimum Gasteiger partial charge on any atom is -0.329 e. The fourth-order valence-corrected chi connectivity index (χ4v) is 1.48.